The van der Waals surface area contributed by atoms with E-state index in [1.165, 1.54) is 19.2 Å². The molecule has 3 N–H and O–H groups in total. The Morgan fingerprint density at radius 2 is 1.44 bits per heavy atom. The van der Waals surface area contributed by atoms with Gasteiger partial charge in [-0.25, -0.2) is 4.79 Å². The molecule has 0 aliphatic heterocycles. The number of carboxylic acid groups (broad SMARTS) is 1. The van der Waals surface area contributed by atoms with E-state index in [1.807, 2.05) is 56.3 Å². The summed E-state index contributed by atoms with van der Waals surface area (Å²) in [5, 5.41) is 14.8. The SMILES string of the molecule is COC(=O)C[C@@H](CC(C)C)C(=O)NC(C(=O)NCc1ccc(C(=O)O)cc1)c1ccc(-c2ccccc2)cc1. The van der Waals surface area contributed by atoms with E-state index in [0.717, 1.165) is 11.1 Å². The molecular formula is C31H34N2O6. The van der Waals surface area contributed by atoms with Crippen LogP contribution in [0.4, 0.5) is 0 Å². The molecule has 0 aliphatic carbocycles. The maximum atomic E-state index is 13.4. The standard InChI is InChI=1S/C31H34N2O6/c1-20(2)17-26(18-27(34)39-3)29(35)33-28(24-15-13-23(14-16-24)22-7-5-4-6-8-22)30(36)32-19-21-9-11-25(12-10-21)31(37)38/h4-16,20,26,28H,17-19H2,1-3H3,(H,32,36)(H,33,35)(H,37,38)/t26-,28?/m1/s1. The van der Waals surface area contributed by atoms with Gasteiger partial charge in [-0.15, -0.1) is 0 Å². The zero-order valence-corrected chi connectivity index (χ0v) is 22.3. The van der Waals surface area contributed by atoms with E-state index in [9.17, 15) is 19.2 Å². The molecule has 0 spiro atoms. The van der Waals surface area contributed by atoms with Gasteiger partial charge >= 0.3 is 11.9 Å². The second kappa shape index (κ2) is 13.9. The minimum Gasteiger partial charge on any atom is -0.478 e. The van der Waals surface area contributed by atoms with Gasteiger partial charge in [0.15, 0.2) is 0 Å². The Morgan fingerprint density at radius 3 is 2.00 bits per heavy atom. The van der Waals surface area contributed by atoms with Gasteiger partial charge < -0.3 is 20.5 Å². The molecule has 0 fully saturated rings. The van der Waals surface area contributed by atoms with Crippen molar-refractivity contribution in [3.63, 3.8) is 0 Å². The zero-order valence-electron chi connectivity index (χ0n) is 22.3. The van der Waals surface area contributed by atoms with E-state index in [4.69, 9.17) is 9.84 Å². The van der Waals surface area contributed by atoms with Gasteiger partial charge in [-0.1, -0.05) is 80.6 Å². The van der Waals surface area contributed by atoms with E-state index >= 15 is 0 Å². The second-order valence-corrected chi connectivity index (χ2v) is 9.76. The molecule has 0 aromatic heterocycles. The molecule has 3 aromatic carbocycles. The molecule has 0 saturated carbocycles. The fraction of sp³-hybridized carbons (Fsp3) is 0.290. The summed E-state index contributed by atoms with van der Waals surface area (Å²) in [6.07, 6.45) is 0.371. The van der Waals surface area contributed by atoms with Gasteiger partial charge in [0.2, 0.25) is 11.8 Å². The summed E-state index contributed by atoms with van der Waals surface area (Å²) in [5.74, 6) is -2.87. The minimum atomic E-state index is -1.03. The molecule has 3 rings (SSSR count). The third kappa shape index (κ3) is 8.53. The van der Waals surface area contributed by atoms with Crippen LogP contribution in [0.5, 0.6) is 0 Å². The lowest BCUT2D eigenvalue weighted by atomic mass is 9.92. The summed E-state index contributed by atoms with van der Waals surface area (Å²) in [6, 6.07) is 22.4. The van der Waals surface area contributed by atoms with Crippen LogP contribution in [-0.2, 0) is 25.7 Å². The molecule has 39 heavy (non-hydrogen) atoms. The number of carbonyl (C=O) groups excluding carboxylic acids is 3. The molecule has 2 atom stereocenters. The number of amides is 2. The predicted octanol–water partition coefficient (Wildman–Crippen LogP) is 4.75. The van der Waals surface area contributed by atoms with Crippen LogP contribution in [0.15, 0.2) is 78.9 Å². The van der Waals surface area contributed by atoms with Crippen LogP contribution >= 0.6 is 0 Å². The number of carbonyl (C=O) groups is 4. The van der Waals surface area contributed by atoms with Gasteiger partial charge in [0.05, 0.1) is 19.1 Å². The summed E-state index contributed by atoms with van der Waals surface area (Å²) in [6.45, 7) is 4.06. The molecule has 3 aromatic rings. The van der Waals surface area contributed by atoms with Gasteiger partial charge in [0.1, 0.15) is 6.04 Å². The van der Waals surface area contributed by atoms with E-state index in [1.54, 1.807) is 24.3 Å². The van der Waals surface area contributed by atoms with Crippen molar-refractivity contribution in [3.8, 4) is 11.1 Å². The van der Waals surface area contributed by atoms with Crippen molar-refractivity contribution in [1.82, 2.24) is 10.6 Å². The first-order valence-corrected chi connectivity index (χ1v) is 12.8. The Kier molecular flexibility index (Phi) is 10.4. The summed E-state index contributed by atoms with van der Waals surface area (Å²) in [4.78, 5) is 49.8. The van der Waals surface area contributed by atoms with Crippen LogP contribution in [0.25, 0.3) is 11.1 Å². The molecule has 0 heterocycles. The topological polar surface area (TPSA) is 122 Å². The number of esters is 1. The number of aromatic carboxylic acids is 1. The third-order valence-electron chi connectivity index (χ3n) is 6.34. The summed E-state index contributed by atoms with van der Waals surface area (Å²) in [5.41, 5.74) is 3.43. The first-order chi connectivity index (χ1) is 18.7. The lowest BCUT2D eigenvalue weighted by Gasteiger charge is -2.23. The first kappa shape index (κ1) is 29.1. The van der Waals surface area contributed by atoms with E-state index in [0.29, 0.717) is 17.5 Å². The number of benzene rings is 3. The Labute approximate surface area is 228 Å². The lowest BCUT2D eigenvalue weighted by Crippen LogP contribution is -2.43. The molecule has 0 aliphatic rings. The molecule has 0 bridgehead atoms. The van der Waals surface area contributed by atoms with Crippen LogP contribution in [-0.4, -0.2) is 36.0 Å². The number of methoxy groups -OCH3 is 1. The highest BCUT2D eigenvalue weighted by molar-refractivity contribution is 5.91. The number of hydrogen-bond donors (Lipinski definition) is 3. The monoisotopic (exact) mass is 530 g/mol. The molecule has 8 heteroatoms. The maximum absolute atomic E-state index is 13.4. The van der Waals surface area contributed by atoms with Crippen molar-refractivity contribution in [2.45, 2.75) is 39.3 Å². The van der Waals surface area contributed by atoms with Gasteiger partial charge in [-0.2, -0.15) is 0 Å². The number of ether oxygens (including phenoxy) is 1. The third-order valence-corrected chi connectivity index (χ3v) is 6.34. The lowest BCUT2D eigenvalue weighted by molar-refractivity contribution is -0.144. The van der Waals surface area contributed by atoms with Crippen molar-refractivity contribution >= 4 is 23.8 Å². The van der Waals surface area contributed by atoms with Gasteiger partial charge in [0, 0.05) is 12.5 Å². The fourth-order valence-electron chi connectivity index (χ4n) is 4.25. The first-order valence-electron chi connectivity index (χ1n) is 12.8. The van der Waals surface area contributed by atoms with Crippen molar-refractivity contribution < 1.29 is 29.0 Å². The normalized spacial score (nSPS) is 12.3. The number of carboxylic acids is 1. The number of nitrogens with one attached hydrogen (secondary N) is 2. The van der Waals surface area contributed by atoms with Crippen molar-refractivity contribution in [2.75, 3.05) is 7.11 Å². The molecule has 204 valence electrons. The Balaban J connectivity index is 1.83. The predicted molar refractivity (Wildman–Crippen MR) is 148 cm³/mol. The number of hydrogen-bond acceptors (Lipinski definition) is 5. The summed E-state index contributed by atoms with van der Waals surface area (Å²) in [7, 11) is 1.28. The van der Waals surface area contributed by atoms with E-state index in [-0.39, 0.29) is 24.4 Å². The second-order valence-electron chi connectivity index (χ2n) is 9.76. The van der Waals surface area contributed by atoms with Crippen LogP contribution < -0.4 is 10.6 Å². The highest BCUT2D eigenvalue weighted by atomic mass is 16.5. The minimum absolute atomic E-state index is 0.0856. The van der Waals surface area contributed by atoms with Crippen molar-refractivity contribution in [1.29, 1.82) is 0 Å². The molecule has 0 radical (unpaired) electrons. The molecular weight excluding hydrogens is 496 g/mol. The van der Waals surface area contributed by atoms with Crippen LogP contribution in [0, 0.1) is 11.8 Å². The van der Waals surface area contributed by atoms with Crippen LogP contribution in [0.2, 0.25) is 0 Å². The average molecular weight is 531 g/mol. The van der Waals surface area contributed by atoms with Crippen molar-refractivity contribution in [2.24, 2.45) is 11.8 Å². The van der Waals surface area contributed by atoms with E-state index < -0.39 is 35.7 Å². The summed E-state index contributed by atoms with van der Waals surface area (Å²) >= 11 is 0. The Morgan fingerprint density at radius 1 is 0.821 bits per heavy atom. The quantitative estimate of drug-likeness (QED) is 0.291. The highest BCUT2D eigenvalue weighted by Gasteiger charge is 2.29. The highest BCUT2D eigenvalue weighted by Crippen LogP contribution is 2.24. The molecule has 2 amide bonds. The van der Waals surface area contributed by atoms with Gasteiger partial charge in [-0.05, 0) is 46.7 Å². The fourth-order valence-corrected chi connectivity index (χ4v) is 4.25. The van der Waals surface area contributed by atoms with Gasteiger partial charge in [0.25, 0.3) is 0 Å². The number of rotatable bonds is 12. The van der Waals surface area contributed by atoms with Crippen LogP contribution in [0.3, 0.4) is 0 Å². The van der Waals surface area contributed by atoms with Gasteiger partial charge in [-0.3, -0.25) is 14.4 Å². The Hall–Kier alpha value is -4.46. The molecule has 8 nitrogen and oxygen atoms in total. The van der Waals surface area contributed by atoms with E-state index in [2.05, 4.69) is 10.6 Å². The molecule has 1 unspecified atom stereocenters. The summed E-state index contributed by atoms with van der Waals surface area (Å²) < 4.78 is 4.78. The average Bonchev–Trinajstić information content (AvgIpc) is 2.94. The smallest absolute Gasteiger partial charge is 0.335 e. The van der Waals surface area contributed by atoms with Crippen LogP contribution in [0.1, 0.15) is 54.2 Å². The zero-order chi connectivity index (χ0) is 28.4. The molecule has 0 saturated heterocycles. The largest absolute Gasteiger partial charge is 0.478 e. The maximum Gasteiger partial charge on any atom is 0.335 e. The van der Waals surface area contributed by atoms with Crippen molar-refractivity contribution in [3.05, 3.63) is 95.6 Å². The Bertz CT molecular complexity index is 1270.